The maximum Gasteiger partial charge on any atom is 0.231 e. The number of carbonyl (C=O) groups excluding carboxylic acids is 1. The molecular formula is C19H27N5O3. The summed E-state index contributed by atoms with van der Waals surface area (Å²) in [7, 11) is 0. The standard InChI is InChI=1S/C19H27N5O3/c1-13-11-14(2)24(21-13)8-4-17(25)23-7-3-16(12-23)19-20-18(22-27-19)15-5-9-26-10-6-15/h11,15-16H,3-10,12H2,1-2H3/t16-/m0/s1. The zero-order valence-corrected chi connectivity index (χ0v) is 16.1. The normalized spacial score (nSPS) is 21.1. The average molecular weight is 373 g/mol. The van der Waals surface area contributed by atoms with Crippen LogP contribution in [0.5, 0.6) is 0 Å². The number of hydrogen-bond donors (Lipinski definition) is 0. The number of aromatic nitrogens is 4. The van der Waals surface area contributed by atoms with Crippen molar-refractivity contribution in [3.8, 4) is 0 Å². The maximum absolute atomic E-state index is 12.6. The van der Waals surface area contributed by atoms with E-state index < -0.39 is 0 Å². The van der Waals surface area contributed by atoms with Crippen molar-refractivity contribution in [2.24, 2.45) is 0 Å². The Labute approximate surface area is 158 Å². The van der Waals surface area contributed by atoms with Gasteiger partial charge in [0.2, 0.25) is 11.8 Å². The molecule has 0 aliphatic carbocycles. The van der Waals surface area contributed by atoms with Crippen molar-refractivity contribution < 1.29 is 14.1 Å². The van der Waals surface area contributed by atoms with E-state index in [4.69, 9.17) is 9.26 Å². The SMILES string of the molecule is Cc1cc(C)n(CCC(=O)N2CC[C@H](c3nc(C4CCOCC4)no3)C2)n1. The molecule has 27 heavy (non-hydrogen) atoms. The molecule has 0 N–H and O–H groups in total. The van der Waals surface area contributed by atoms with Gasteiger partial charge in [-0.05, 0) is 39.2 Å². The molecule has 8 nitrogen and oxygen atoms in total. The first-order valence-corrected chi connectivity index (χ1v) is 9.80. The molecule has 2 saturated heterocycles. The topological polar surface area (TPSA) is 86.3 Å². The van der Waals surface area contributed by atoms with E-state index in [2.05, 4.69) is 15.2 Å². The number of ether oxygens (including phenoxy) is 1. The van der Waals surface area contributed by atoms with Crippen LogP contribution in [0.15, 0.2) is 10.6 Å². The maximum atomic E-state index is 12.6. The fourth-order valence-corrected chi connectivity index (χ4v) is 3.98. The van der Waals surface area contributed by atoms with Crippen molar-refractivity contribution >= 4 is 5.91 Å². The highest BCUT2D eigenvalue weighted by atomic mass is 16.5. The third kappa shape index (κ3) is 4.05. The summed E-state index contributed by atoms with van der Waals surface area (Å²) < 4.78 is 12.8. The molecular weight excluding hydrogens is 346 g/mol. The van der Waals surface area contributed by atoms with E-state index in [1.54, 1.807) is 0 Å². The molecule has 0 unspecified atom stereocenters. The summed E-state index contributed by atoms with van der Waals surface area (Å²) in [5.74, 6) is 2.10. The number of nitrogens with zero attached hydrogens (tertiary/aromatic N) is 5. The summed E-state index contributed by atoms with van der Waals surface area (Å²) >= 11 is 0. The number of hydrogen-bond acceptors (Lipinski definition) is 6. The van der Waals surface area contributed by atoms with Crippen LogP contribution in [0.4, 0.5) is 0 Å². The minimum Gasteiger partial charge on any atom is -0.381 e. The van der Waals surface area contributed by atoms with Crippen molar-refractivity contribution in [1.29, 1.82) is 0 Å². The molecule has 2 fully saturated rings. The Hall–Kier alpha value is -2.22. The van der Waals surface area contributed by atoms with E-state index in [0.717, 1.165) is 56.2 Å². The van der Waals surface area contributed by atoms with Crippen molar-refractivity contribution in [3.63, 3.8) is 0 Å². The van der Waals surface area contributed by atoms with Crippen molar-refractivity contribution in [3.05, 3.63) is 29.2 Å². The third-order valence-corrected chi connectivity index (χ3v) is 5.57. The van der Waals surface area contributed by atoms with Gasteiger partial charge in [0.25, 0.3) is 0 Å². The van der Waals surface area contributed by atoms with Gasteiger partial charge in [0.15, 0.2) is 5.82 Å². The van der Waals surface area contributed by atoms with Crippen LogP contribution in [-0.4, -0.2) is 57.0 Å². The van der Waals surface area contributed by atoms with Gasteiger partial charge in [-0.3, -0.25) is 9.48 Å². The Bertz CT molecular complexity index is 793. The van der Waals surface area contributed by atoms with Gasteiger partial charge in [0.1, 0.15) is 0 Å². The number of carbonyl (C=O) groups is 1. The van der Waals surface area contributed by atoms with Crippen LogP contribution >= 0.6 is 0 Å². The second-order valence-corrected chi connectivity index (χ2v) is 7.60. The zero-order valence-electron chi connectivity index (χ0n) is 16.1. The predicted molar refractivity (Wildman–Crippen MR) is 97.3 cm³/mol. The molecule has 2 aliphatic heterocycles. The number of amides is 1. The molecule has 1 atom stereocenters. The van der Waals surface area contributed by atoms with Gasteiger partial charge in [-0.1, -0.05) is 5.16 Å². The lowest BCUT2D eigenvalue weighted by molar-refractivity contribution is -0.130. The first-order valence-electron chi connectivity index (χ1n) is 9.80. The van der Waals surface area contributed by atoms with E-state index in [-0.39, 0.29) is 11.8 Å². The molecule has 1 amide bonds. The van der Waals surface area contributed by atoms with Gasteiger partial charge in [-0.25, -0.2) is 0 Å². The molecule has 8 heteroatoms. The Balaban J connectivity index is 1.31. The van der Waals surface area contributed by atoms with Gasteiger partial charge in [0, 0.05) is 50.9 Å². The van der Waals surface area contributed by atoms with Gasteiger partial charge < -0.3 is 14.2 Å². The Morgan fingerprint density at radius 1 is 1.22 bits per heavy atom. The zero-order chi connectivity index (χ0) is 18.8. The van der Waals surface area contributed by atoms with Gasteiger partial charge in [0.05, 0.1) is 11.6 Å². The molecule has 146 valence electrons. The molecule has 2 aromatic rings. The van der Waals surface area contributed by atoms with E-state index >= 15 is 0 Å². The summed E-state index contributed by atoms with van der Waals surface area (Å²) in [5, 5.41) is 8.61. The Kier molecular flexibility index (Phi) is 5.24. The summed E-state index contributed by atoms with van der Waals surface area (Å²) in [6.45, 7) is 7.53. The van der Waals surface area contributed by atoms with Crippen molar-refractivity contribution in [2.45, 2.75) is 57.9 Å². The monoisotopic (exact) mass is 373 g/mol. The minimum atomic E-state index is 0.142. The number of aryl methyl sites for hydroxylation is 3. The largest absolute Gasteiger partial charge is 0.381 e. The van der Waals surface area contributed by atoms with Gasteiger partial charge >= 0.3 is 0 Å². The van der Waals surface area contributed by atoms with Crippen LogP contribution < -0.4 is 0 Å². The molecule has 4 heterocycles. The number of likely N-dealkylation sites (tertiary alicyclic amines) is 1. The molecule has 0 bridgehead atoms. The molecule has 0 saturated carbocycles. The lowest BCUT2D eigenvalue weighted by atomic mass is 10.00. The fourth-order valence-electron chi connectivity index (χ4n) is 3.98. The molecule has 0 spiro atoms. The highest BCUT2D eigenvalue weighted by Crippen LogP contribution is 2.30. The van der Waals surface area contributed by atoms with Crippen molar-refractivity contribution in [2.75, 3.05) is 26.3 Å². The van der Waals surface area contributed by atoms with Crippen LogP contribution in [0.25, 0.3) is 0 Å². The Morgan fingerprint density at radius 3 is 2.78 bits per heavy atom. The summed E-state index contributed by atoms with van der Waals surface area (Å²) in [6, 6.07) is 2.03. The first-order chi connectivity index (χ1) is 13.1. The highest BCUT2D eigenvalue weighted by molar-refractivity contribution is 5.76. The van der Waals surface area contributed by atoms with E-state index in [9.17, 15) is 4.79 Å². The lowest BCUT2D eigenvalue weighted by Gasteiger charge is -2.18. The smallest absolute Gasteiger partial charge is 0.231 e. The summed E-state index contributed by atoms with van der Waals surface area (Å²) in [5.41, 5.74) is 2.07. The fraction of sp³-hybridized carbons (Fsp3) is 0.684. The summed E-state index contributed by atoms with van der Waals surface area (Å²) in [4.78, 5) is 19.1. The molecule has 0 aromatic carbocycles. The van der Waals surface area contributed by atoms with Crippen LogP contribution in [0.1, 0.15) is 60.6 Å². The molecule has 0 radical (unpaired) electrons. The quantitative estimate of drug-likeness (QED) is 0.798. The minimum absolute atomic E-state index is 0.142. The predicted octanol–water partition coefficient (Wildman–Crippen LogP) is 2.18. The lowest BCUT2D eigenvalue weighted by Crippen LogP contribution is -2.29. The van der Waals surface area contributed by atoms with Crippen LogP contribution in [0, 0.1) is 13.8 Å². The molecule has 4 rings (SSSR count). The number of rotatable bonds is 5. The Morgan fingerprint density at radius 2 is 2.04 bits per heavy atom. The second kappa shape index (κ2) is 7.80. The highest BCUT2D eigenvalue weighted by Gasteiger charge is 2.32. The molecule has 2 aliphatic rings. The molecule has 2 aromatic heterocycles. The van der Waals surface area contributed by atoms with Crippen LogP contribution in [0.2, 0.25) is 0 Å². The van der Waals surface area contributed by atoms with Gasteiger partial charge in [-0.15, -0.1) is 0 Å². The van der Waals surface area contributed by atoms with Crippen molar-refractivity contribution in [1.82, 2.24) is 24.8 Å². The average Bonchev–Trinajstić information content (AvgIpc) is 3.40. The third-order valence-electron chi connectivity index (χ3n) is 5.57. The van der Waals surface area contributed by atoms with E-state index in [1.807, 2.05) is 29.5 Å². The summed E-state index contributed by atoms with van der Waals surface area (Å²) in [6.07, 6.45) is 3.23. The van der Waals surface area contributed by atoms with E-state index in [0.29, 0.717) is 31.3 Å². The van der Waals surface area contributed by atoms with Gasteiger partial charge in [-0.2, -0.15) is 10.1 Å². The van der Waals surface area contributed by atoms with Crippen LogP contribution in [-0.2, 0) is 16.1 Å². The van der Waals surface area contributed by atoms with Crippen LogP contribution in [0.3, 0.4) is 0 Å². The second-order valence-electron chi connectivity index (χ2n) is 7.60. The van der Waals surface area contributed by atoms with E-state index in [1.165, 1.54) is 0 Å². The first kappa shape index (κ1) is 18.2.